The minimum absolute atomic E-state index is 0.154. The number of nitriles is 1. The summed E-state index contributed by atoms with van der Waals surface area (Å²) in [4.78, 5) is 11.7. The Morgan fingerprint density at radius 3 is 2.76 bits per heavy atom. The molecule has 0 aromatic heterocycles. The van der Waals surface area contributed by atoms with E-state index < -0.39 is 5.97 Å². The lowest BCUT2D eigenvalue weighted by Crippen LogP contribution is -2.08. The molecular formula is C16H12ClNO3. The first-order valence-electron chi connectivity index (χ1n) is 6.14. The summed E-state index contributed by atoms with van der Waals surface area (Å²) >= 11 is 5.83. The van der Waals surface area contributed by atoms with Gasteiger partial charge in [0.25, 0.3) is 0 Å². The molecule has 2 aromatic rings. The minimum Gasteiger partial charge on any atom is -0.487 e. The number of nitrogens with zero attached hydrogens (tertiary/aromatic N) is 1. The second-order valence-electron chi connectivity index (χ2n) is 4.19. The van der Waals surface area contributed by atoms with Crippen molar-refractivity contribution >= 4 is 17.6 Å². The predicted octanol–water partition coefficient (Wildman–Crippen LogP) is 3.58. The highest BCUT2D eigenvalue weighted by Crippen LogP contribution is 2.23. The van der Waals surface area contributed by atoms with Crippen LogP contribution in [0.2, 0.25) is 5.02 Å². The van der Waals surface area contributed by atoms with Crippen LogP contribution < -0.4 is 4.74 Å². The van der Waals surface area contributed by atoms with Gasteiger partial charge in [0.15, 0.2) is 0 Å². The van der Waals surface area contributed by atoms with Crippen LogP contribution in [-0.2, 0) is 11.3 Å². The van der Waals surface area contributed by atoms with Crippen LogP contribution >= 0.6 is 11.6 Å². The lowest BCUT2D eigenvalue weighted by atomic mass is 10.1. The number of carbonyl (C=O) groups is 1. The summed E-state index contributed by atoms with van der Waals surface area (Å²) in [6.45, 7) is 0.154. The Kier molecular flexibility index (Phi) is 4.81. The number of methoxy groups -OCH3 is 1. The molecule has 0 unspecified atom stereocenters. The van der Waals surface area contributed by atoms with Crippen molar-refractivity contribution in [3.05, 3.63) is 64.2 Å². The van der Waals surface area contributed by atoms with Crippen molar-refractivity contribution in [1.29, 1.82) is 5.26 Å². The Bertz CT molecular complexity index is 707. The van der Waals surface area contributed by atoms with Gasteiger partial charge in [-0.3, -0.25) is 0 Å². The summed E-state index contributed by atoms with van der Waals surface area (Å²) in [6, 6.07) is 13.8. The Hall–Kier alpha value is -2.51. The average Bonchev–Trinajstić information content (AvgIpc) is 2.53. The molecule has 5 heteroatoms. The van der Waals surface area contributed by atoms with E-state index in [-0.39, 0.29) is 6.61 Å². The minimum atomic E-state index is -0.425. The van der Waals surface area contributed by atoms with Crippen LogP contribution in [-0.4, -0.2) is 13.1 Å². The standard InChI is InChI=1S/C16H12ClNO3/c1-20-16(19)14-5-3-2-4-11(14)10-21-15-7-6-13(17)8-12(15)9-18/h2-8H,10H2,1H3. The number of rotatable bonds is 4. The Balaban J connectivity index is 2.22. The molecule has 21 heavy (non-hydrogen) atoms. The zero-order chi connectivity index (χ0) is 15.2. The summed E-state index contributed by atoms with van der Waals surface area (Å²) in [5.41, 5.74) is 1.47. The van der Waals surface area contributed by atoms with Crippen LogP contribution in [0.4, 0.5) is 0 Å². The van der Waals surface area contributed by atoms with E-state index in [1.54, 1.807) is 36.4 Å². The van der Waals surface area contributed by atoms with Crippen LogP contribution in [0.1, 0.15) is 21.5 Å². The molecule has 2 aromatic carbocycles. The molecule has 0 saturated heterocycles. The zero-order valence-electron chi connectivity index (χ0n) is 11.3. The number of benzene rings is 2. The third-order valence-corrected chi connectivity index (χ3v) is 3.10. The number of halogens is 1. The summed E-state index contributed by atoms with van der Waals surface area (Å²) in [6.07, 6.45) is 0. The predicted molar refractivity (Wildman–Crippen MR) is 78.3 cm³/mol. The molecule has 0 spiro atoms. The van der Waals surface area contributed by atoms with Gasteiger partial charge in [-0.2, -0.15) is 5.26 Å². The van der Waals surface area contributed by atoms with E-state index in [1.807, 2.05) is 6.07 Å². The summed E-state index contributed by atoms with van der Waals surface area (Å²) in [5, 5.41) is 9.52. The molecule has 0 radical (unpaired) electrons. The summed E-state index contributed by atoms with van der Waals surface area (Å²) < 4.78 is 10.3. The first-order chi connectivity index (χ1) is 10.2. The molecule has 0 aliphatic rings. The highest BCUT2D eigenvalue weighted by atomic mass is 35.5. The maximum Gasteiger partial charge on any atom is 0.338 e. The van der Waals surface area contributed by atoms with E-state index >= 15 is 0 Å². The molecule has 0 N–H and O–H groups in total. The number of hydrogen-bond donors (Lipinski definition) is 0. The first-order valence-corrected chi connectivity index (χ1v) is 6.52. The monoisotopic (exact) mass is 301 g/mol. The van der Waals surface area contributed by atoms with Gasteiger partial charge in [-0.15, -0.1) is 0 Å². The average molecular weight is 302 g/mol. The number of ether oxygens (including phenoxy) is 2. The number of esters is 1. The van der Waals surface area contributed by atoms with Crippen molar-refractivity contribution < 1.29 is 14.3 Å². The smallest absolute Gasteiger partial charge is 0.338 e. The van der Waals surface area contributed by atoms with E-state index in [9.17, 15) is 4.79 Å². The van der Waals surface area contributed by atoms with Gasteiger partial charge in [-0.05, 0) is 24.3 Å². The molecule has 0 heterocycles. The molecule has 0 aliphatic heterocycles. The van der Waals surface area contributed by atoms with Crippen LogP contribution in [0.15, 0.2) is 42.5 Å². The van der Waals surface area contributed by atoms with E-state index in [4.69, 9.17) is 26.3 Å². The third-order valence-electron chi connectivity index (χ3n) is 2.87. The molecule has 0 aliphatic carbocycles. The second kappa shape index (κ2) is 6.78. The maximum atomic E-state index is 11.7. The topological polar surface area (TPSA) is 59.3 Å². The van der Waals surface area contributed by atoms with Crippen molar-refractivity contribution in [1.82, 2.24) is 0 Å². The highest BCUT2D eigenvalue weighted by molar-refractivity contribution is 6.30. The number of hydrogen-bond acceptors (Lipinski definition) is 4. The van der Waals surface area contributed by atoms with Crippen molar-refractivity contribution in [3.8, 4) is 11.8 Å². The van der Waals surface area contributed by atoms with Gasteiger partial charge in [-0.1, -0.05) is 29.8 Å². The molecule has 0 fully saturated rings. The summed E-state index contributed by atoms with van der Waals surface area (Å²) in [7, 11) is 1.33. The van der Waals surface area contributed by atoms with Crippen LogP contribution in [0, 0.1) is 11.3 Å². The first kappa shape index (κ1) is 14.9. The number of carbonyl (C=O) groups excluding carboxylic acids is 1. The second-order valence-corrected chi connectivity index (χ2v) is 4.63. The molecular weight excluding hydrogens is 290 g/mol. The van der Waals surface area contributed by atoms with Gasteiger partial charge < -0.3 is 9.47 Å². The third kappa shape index (κ3) is 3.53. The Labute approximate surface area is 127 Å². The maximum absolute atomic E-state index is 11.7. The fourth-order valence-electron chi connectivity index (χ4n) is 1.83. The molecule has 106 valence electrons. The van der Waals surface area contributed by atoms with E-state index in [0.29, 0.717) is 27.5 Å². The van der Waals surface area contributed by atoms with E-state index in [0.717, 1.165) is 0 Å². The summed E-state index contributed by atoms with van der Waals surface area (Å²) in [5.74, 6) is -0.00705. The van der Waals surface area contributed by atoms with Gasteiger partial charge in [0.2, 0.25) is 0 Å². The van der Waals surface area contributed by atoms with Gasteiger partial charge in [0, 0.05) is 10.6 Å². The molecule has 4 nitrogen and oxygen atoms in total. The van der Waals surface area contributed by atoms with Crippen molar-refractivity contribution in [2.45, 2.75) is 6.61 Å². The molecule has 0 saturated carbocycles. The van der Waals surface area contributed by atoms with E-state index in [1.165, 1.54) is 13.2 Å². The fraction of sp³-hybridized carbons (Fsp3) is 0.125. The van der Waals surface area contributed by atoms with Crippen molar-refractivity contribution in [3.63, 3.8) is 0 Å². The molecule has 0 amide bonds. The van der Waals surface area contributed by atoms with Gasteiger partial charge in [-0.25, -0.2) is 4.79 Å². The molecule has 0 atom stereocenters. The SMILES string of the molecule is COC(=O)c1ccccc1COc1ccc(Cl)cc1C#N. The quantitative estimate of drug-likeness (QED) is 0.810. The molecule has 2 rings (SSSR count). The Morgan fingerprint density at radius 1 is 1.29 bits per heavy atom. The van der Waals surface area contributed by atoms with Gasteiger partial charge in [0.05, 0.1) is 18.2 Å². The van der Waals surface area contributed by atoms with Gasteiger partial charge >= 0.3 is 5.97 Å². The highest BCUT2D eigenvalue weighted by Gasteiger charge is 2.12. The normalized spacial score (nSPS) is 9.76. The zero-order valence-corrected chi connectivity index (χ0v) is 12.1. The van der Waals surface area contributed by atoms with Crippen LogP contribution in [0.25, 0.3) is 0 Å². The van der Waals surface area contributed by atoms with Crippen molar-refractivity contribution in [2.75, 3.05) is 7.11 Å². The van der Waals surface area contributed by atoms with E-state index in [2.05, 4.69) is 0 Å². The van der Waals surface area contributed by atoms with Gasteiger partial charge in [0.1, 0.15) is 18.4 Å². The Morgan fingerprint density at radius 2 is 2.05 bits per heavy atom. The molecule has 0 bridgehead atoms. The van der Waals surface area contributed by atoms with Crippen LogP contribution in [0.5, 0.6) is 5.75 Å². The largest absolute Gasteiger partial charge is 0.487 e. The van der Waals surface area contributed by atoms with Crippen LogP contribution in [0.3, 0.4) is 0 Å². The lowest BCUT2D eigenvalue weighted by Gasteiger charge is -2.11. The lowest BCUT2D eigenvalue weighted by molar-refractivity contribution is 0.0597. The van der Waals surface area contributed by atoms with Crippen molar-refractivity contribution in [2.24, 2.45) is 0 Å². The fourth-order valence-corrected chi connectivity index (χ4v) is 2.00.